The highest BCUT2D eigenvalue weighted by Crippen LogP contribution is 2.34. The number of benzene rings is 2. The Labute approximate surface area is 241 Å². The van der Waals surface area contributed by atoms with E-state index in [-0.39, 0.29) is 30.2 Å². The Morgan fingerprint density at radius 2 is 1.81 bits per heavy atom. The molecule has 1 aliphatic rings. The molecule has 0 bridgehead atoms. The van der Waals surface area contributed by atoms with Gasteiger partial charge in [0.05, 0.1) is 11.8 Å². The number of hydrogen-bond donors (Lipinski definition) is 2. The van der Waals surface area contributed by atoms with Crippen molar-refractivity contribution in [2.45, 2.75) is 33.0 Å². The molecule has 0 spiro atoms. The molecule has 0 atom stereocenters. The normalized spacial score (nSPS) is 14.6. The van der Waals surface area contributed by atoms with Gasteiger partial charge in [-0.2, -0.15) is 18.3 Å². The third-order valence-corrected chi connectivity index (χ3v) is 7.28. The number of aromatic amines is 1. The van der Waals surface area contributed by atoms with Crippen LogP contribution < -0.4 is 10.1 Å². The van der Waals surface area contributed by atoms with Crippen molar-refractivity contribution < 1.29 is 22.7 Å². The molecule has 12 heteroatoms. The molecular formula is C30H32F3N7O2. The number of anilines is 2. The smallest absolute Gasteiger partial charge is 0.416 e. The van der Waals surface area contributed by atoms with Gasteiger partial charge in [-0.3, -0.25) is 14.8 Å². The van der Waals surface area contributed by atoms with Crippen molar-refractivity contribution in [1.82, 2.24) is 30.0 Å². The number of alkyl halides is 3. The van der Waals surface area contributed by atoms with E-state index in [4.69, 9.17) is 4.74 Å². The Hall–Kier alpha value is -4.29. The fourth-order valence-electron chi connectivity index (χ4n) is 4.85. The lowest BCUT2D eigenvalue weighted by molar-refractivity contribution is -0.138. The van der Waals surface area contributed by atoms with Crippen LogP contribution in [0.15, 0.2) is 61.1 Å². The van der Waals surface area contributed by atoms with Gasteiger partial charge in [0.15, 0.2) is 5.78 Å². The number of H-pyrrole nitrogens is 1. The molecule has 2 aromatic heterocycles. The lowest BCUT2D eigenvalue weighted by atomic mass is 9.97. The minimum atomic E-state index is -4.52. The number of ether oxygens (including phenoxy) is 1. The van der Waals surface area contributed by atoms with Crippen LogP contribution in [0.3, 0.4) is 0 Å². The van der Waals surface area contributed by atoms with Crippen molar-refractivity contribution >= 4 is 17.4 Å². The number of piperazine rings is 1. The zero-order valence-electron chi connectivity index (χ0n) is 23.4. The second-order valence-electron chi connectivity index (χ2n) is 10.2. The molecular weight excluding hydrogens is 547 g/mol. The fourth-order valence-corrected chi connectivity index (χ4v) is 4.85. The lowest BCUT2D eigenvalue weighted by Crippen LogP contribution is -2.45. The number of halogens is 3. The molecule has 220 valence electrons. The number of likely N-dealkylation sites (N-methyl/N-ethyl adjacent to an activating group) is 1. The van der Waals surface area contributed by atoms with Gasteiger partial charge >= 0.3 is 6.18 Å². The Bertz CT molecular complexity index is 1520. The number of aromatic nitrogens is 4. The zero-order chi connectivity index (χ0) is 29.7. The van der Waals surface area contributed by atoms with Crippen LogP contribution in [0.1, 0.15) is 39.5 Å². The summed E-state index contributed by atoms with van der Waals surface area (Å²) in [5.41, 5.74) is 0.923. The van der Waals surface area contributed by atoms with Gasteiger partial charge in [0.25, 0.3) is 0 Å². The third kappa shape index (κ3) is 7.31. The molecule has 0 radical (unpaired) electrons. The first-order valence-corrected chi connectivity index (χ1v) is 13.7. The number of hydrogen-bond acceptors (Lipinski definition) is 8. The summed E-state index contributed by atoms with van der Waals surface area (Å²) in [6.45, 7) is 8.19. The van der Waals surface area contributed by atoms with Crippen LogP contribution >= 0.6 is 0 Å². The molecule has 0 saturated carbocycles. The van der Waals surface area contributed by atoms with E-state index in [1.807, 2.05) is 11.8 Å². The van der Waals surface area contributed by atoms with E-state index < -0.39 is 11.7 Å². The molecule has 9 nitrogen and oxygen atoms in total. The summed E-state index contributed by atoms with van der Waals surface area (Å²) < 4.78 is 48.1. The van der Waals surface area contributed by atoms with Gasteiger partial charge < -0.3 is 15.0 Å². The topological polar surface area (TPSA) is 99.3 Å². The average Bonchev–Trinajstić information content (AvgIpc) is 3.48. The molecule has 1 fully saturated rings. The highest BCUT2D eigenvalue weighted by Gasteiger charge is 2.34. The predicted octanol–water partition coefficient (Wildman–Crippen LogP) is 5.63. The summed E-state index contributed by atoms with van der Waals surface area (Å²) in [6, 6.07) is 12.5. The Kier molecular flexibility index (Phi) is 8.83. The molecule has 1 aliphatic heterocycles. The lowest BCUT2D eigenvalue weighted by Gasteiger charge is -2.34. The van der Waals surface area contributed by atoms with Crippen LogP contribution in [0.5, 0.6) is 11.6 Å². The molecule has 2 aromatic carbocycles. The summed E-state index contributed by atoms with van der Waals surface area (Å²) in [5.74, 6) is 1.45. The number of aryl methyl sites for hydroxylation is 1. The van der Waals surface area contributed by atoms with Crippen molar-refractivity contribution in [3.63, 3.8) is 0 Å². The van der Waals surface area contributed by atoms with Crippen molar-refractivity contribution in [2.75, 3.05) is 38.0 Å². The summed E-state index contributed by atoms with van der Waals surface area (Å²) >= 11 is 0. The molecule has 0 unspecified atom stereocenters. The van der Waals surface area contributed by atoms with E-state index in [2.05, 4.69) is 37.3 Å². The SMILES string of the molecule is CCN1CCN(Cc2ccc(CC(=O)c3ccc(C)c(Oc4cc(Nc5ccn[nH]5)ncn4)c3)cc2C(F)(F)F)CC1. The standard InChI is InChI=1S/C30H32F3N7O2/c1-3-39-10-12-40(13-11-39)18-23-7-5-21(14-24(23)30(31,32)33)15-25(41)22-6-4-20(2)26(16-22)42-29-17-28(34-19-35-29)37-27-8-9-36-38-27/h4-9,14,16-17,19H,3,10-13,15,18H2,1-2H3,(H2,34,35,36,37,38). The first-order valence-electron chi connectivity index (χ1n) is 13.7. The van der Waals surface area contributed by atoms with Gasteiger partial charge in [0.2, 0.25) is 5.88 Å². The maximum atomic E-state index is 14.1. The number of Topliss-reactive ketones (excluding diaryl/α,β-unsaturated/α-hetero) is 1. The van der Waals surface area contributed by atoms with E-state index in [9.17, 15) is 18.0 Å². The van der Waals surface area contributed by atoms with Crippen LogP contribution in [0.2, 0.25) is 0 Å². The highest BCUT2D eigenvalue weighted by molar-refractivity contribution is 5.98. The molecule has 0 aliphatic carbocycles. The van der Waals surface area contributed by atoms with Gasteiger partial charge in [-0.25, -0.2) is 9.97 Å². The minimum absolute atomic E-state index is 0.174. The fraction of sp³-hybridized carbons (Fsp3) is 0.333. The van der Waals surface area contributed by atoms with E-state index in [0.717, 1.165) is 44.4 Å². The first kappa shape index (κ1) is 29.2. The summed E-state index contributed by atoms with van der Waals surface area (Å²) in [6.07, 6.45) is -1.76. The number of rotatable bonds is 10. The van der Waals surface area contributed by atoms with Crippen LogP contribution in [-0.4, -0.2) is 68.5 Å². The highest BCUT2D eigenvalue weighted by atomic mass is 19.4. The van der Waals surface area contributed by atoms with Crippen molar-refractivity contribution in [1.29, 1.82) is 0 Å². The number of carbonyl (C=O) groups excluding carboxylic acids is 1. The quantitative estimate of drug-likeness (QED) is 0.234. The second-order valence-corrected chi connectivity index (χ2v) is 10.2. The molecule has 3 heterocycles. The summed E-state index contributed by atoms with van der Waals surface area (Å²) in [7, 11) is 0. The zero-order valence-corrected chi connectivity index (χ0v) is 23.4. The molecule has 1 saturated heterocycles. The van der Waals surface area contributed by atoms with Crippen molar-refractivity contribution in [2.24, 2.45) is 0 Å². The number of nitrogens with one attached hydrogen (secondary N) is 2. The Morgan fingerprint density at radius 3 is 2.52 bits per heavy atom. The van der Waals surface area contributed by atoms with Gasteiger partial charge in [-0.05, 0) is 42.3 Å². The largest absolute Gasteiger partial charge is 0.439 e. The van der Waals surface area contributed by atoms with E-state index in [1.54, 1.807) is 42.6 Å². The van der Waals surface area contributed by atoms with Gasteiger partial charge in [-0.15, -0.1) is 0 Å². The average molecular weight is 580 g/mol. The molecule has 42 heavy (non-hydrogen) atoms. The van der Waals surface area contributed by atoms with Gasteiger partial charge in [0.1, 0.15) is 23.7 Å². The monoisotopic (exact) mass is 579 g/mol. The predicted molar refractivity (Wildman–Crippen MR) is 152 cm³/mol. The van der Waals surface area contributed by atoms with E-state index in [1.165, 1.54) is 12.4 Å². The molecule has 5 rings (SSSR count). The summed E-state index contributed by atoms with van der Waals surface area (Å²) in [5, 5.41) is 9.69. The second kappa shape index (κ2) is 12.7. The van der Waals surface area contributed by atoms with Crippen LogP contribution in [-0.2, 0) is 19.1 Å². The van der Waals surface area contributed by atoms with Crippen LogP contribution in [0.25, 0.3) is 0 Å². The van der Waals surface area contributed by atoms with Crippen molar-refractivity contribution in [3.8, 4) is 11.6 Å². The van der Waals surface area contributed by atoms with E-state index in [0.29, 0.717) is 28.5 Å². The maximum Gasteiger partial charge on any atom is 0.416 e. The Balaban J connectivity index is 1.29. The third-order valence-electron chi connectivity index (χ3n) is 7.28. The van der Waals surface area contributed by atoms with Gasteiger partial charge in [0, 0.05) is 56.8 Å². The Morgan fingerprint density at radius 1 is 1.02 bits per heavy atom. The molecule has 4 aromatic rings. The minimum Gasteiger partial charge on any atom is -0.439 e. The maximum absolute atomic E-state index is 14.1. The molecule has 2 N–H and O–H groups in total. The van der Waals surface area contributed by atoms with Crippen LogP contribution in [0, 0.1) is 6.92 Å². The number of nitrogens with zero attached hydrogens (tertiary/aromatic N) is 5. The number of carbonyl (C=O) groups is 1. The summed E-state index contributed by atoms with van der Waals surface area (Å²) in [4.78, 5) is 25.8. The van der Waals surface area contributed by atoms with Crippen molar-refractivity contribution in [3.05, 3.63) is 88.9 Å². The number of ketones is 1. The first-order chi connectivity index (χ1) is 20.2. The van der Waals surface area contributed by atoms with Crippen LogP contribution in [0.4, 0.5) is 24.8 Å². The van der Waals surface area contributed by atoms with E-state index >= 15 is 0 Å². The van der Waals surface area contributed by atoms with Gasteiger partial charge in [-0.1, -0.05) is 31.2 Å². The molecule has 0 amide bonds.